The average Bonchev–Trinajstić information content (AvgIpc) is 3.56. The number of para-hydroxylation sites is 2. The standard InChI is InChI=1S/C17H15N5O3.C16H13N5O4.CH3.Co.H2O/c1-11-8-9-14(22(24)25)10-15(11)18-19-16-12(2)20-21(17(16)23)13-6-4-3-5-7-13;1-10-15(16(23)20(19-10)11-5-3-2-4-6-11)18-17-13-9-12(21(24)25)7-8-14(13)22;;;/h3-10H,1-2H3,(H,18,20,23);2-9H,1H3,(H2,17,18,19,22,23);1H3;;1H2/q;;-1;+3;/p-4. The third-order valence-electron chi connectivity index (χ3n) is 7.05. The van der Waals surface area contributed by atoms with E-state index in [0.29, 0.717) is 28.5 Å². The molecular weight excluding hydrogens is 735 g/mol. The first-order valence-corrected chi connectivity index (χ1v) is 14.6. The van der Waals surface area contributed by atoms with Crippen molar-refractivity contribution < 1.29 is 37.2 Å². The molecule has 0 radical (unpaired) electrons. The predicted octanol–water partition coefficient (Wildman–Crippen LogP) is 6.51. The smallest absolute Gasteiger partial charge is 0.871 e. The number of nitro benzene ring substituents is 2. The second-order valence-electron chi connectivity index (χ2n) is 10.5. The summed E-state index contributed by atoms with van der Waals surface area (Å²) in [6.45, 7) is 5.01. The van der Waals surface area contributed by atoms with Crippen LogP contribution in [0, 0.1) is 48.4 Å². The van der Waals surface area contributed by atoms with Crippen molar-refractivity contribution >= 4 is 34.1 Å². The van der Waals surface area contributed by atoms with Crippen molar-refractivity contribution in [2.45, 2.75) is 20.8 Å². The number of aryl methyl sites for hydroxylation is 3. The van der Waals surface area contributed by atoms with E-state index in [1.807, 2.05) is 12.1 Å². The van der Waals surface area contributed by atoms with Gasteiger partial charge in [0.05, 0.1) is 21.2 Å². The Morgan fingerprint density at radius 3 is 1.43 bits per heavy atom. The summed E-state index contributed by atoms with van der Waals surface area (Å²) in [5, 5.41) is 57.2. The van der Waals surface area contributed by atoms with Crippen LogP contribution in [0.3, 0.4) is 0 Å². The number of rotatable bonds is 8. The second-order valence-corrected chi connectivity index (χ2v) is 10.5. The molecule has 0 saturated heterocycles. The number of azo groups is 2. The Labute approximate surface area is 311 Å². The molecule has 0 amide bonds. The largest absolute Gasteiger partial charge is 3.00 e. The van der Waals surface area contributed by atoms with Crippen LogP contribution in [0.15, 0.2) is 127 Å². The summed E-state index contributed by atoms with van der Waals surface area (Å²) >= 11 is 0. The van der Waals surface area contributed by atoms with Crippen LogP contribution < -0.4 is 26.4 Å². The van der Waals surface area contributed by atoms with E-state index in [0.717, 1.165) is 23.8 Å². The zero-order valence-corrected chi connectivity index (χ0v) is 29.4. The van der Waals surface area contributed by atoms with Gasteiger partial charge in [0.15, 0.2) is 0 Å². The van der Waals surface area contributed by atoms with Crippen molar-refractivity contribution in [1.29, 1.82) is 0 Å². The van der Waals surface area contributed by atoms with E-state index in [1.54, 1.807) is 75.4 Å². The monoisotopic (exact) mass is 764 g/mol. The molecule has 2 heterocycles. The molecule has 0 unspecified atom stereocenters. The minimum Gasteiger partial charge on any atom is -0.871 e. The maximum absolute atomic E-state index is 12.5. The van der Waals surface area contributed by atoms with Crippen LogP contribution in [0.5, 0.6) is 5.75 Å². The second kappa shape index (κ2) is 18.4. The Kier molecular flexibility index (Phi) is 14.7. The van der Waals surface area contributed by atoms with Crippen molar-refractivity contribution in [3.8, 4) is 17.1 Å². The number of benzene rings is 4. The van der Waals surface area contributed by atoms with Crippen LogP contribution >= 0.6 is 0 Å². The molecule has 0 aliphatic rings. The van der Waals surface area contributed by atoms with E-state index in [2.05, 4.69) is 30.7 Å². The predicted molar refractivity (Wildman–Crippen MR) is 187 cm³/mol. The van der Waals surface area contributed by atoms with Crippen LogP contribution in [-0.2, 0) is 16.8 Å². The van der Waals surface area contributed by atoms with Crippen LogP contribution in [0.25, 0.3) is 11.4 Å². The van der Waals surface area contributed by atoms with Gasteiger partial charge in [0.25, 0.3) is 22.5 Å². The van der Waals surface area contributed by atoms with E-state index >= 15 is 0 Å². The summed E-state index contributed by atoms with van der Waals surface area (Å²) in [6, 6.07) is 25.2. The molecule has 274 valence electrons. The molecule has 53 heavy (non-hydrogen) atoms. The van der Waals surface area contributed by atoms with Gasteiger partial charge in [0, 0.05) is 35.6 Å². The summed E-state index contributed by atoms with van der Waals surface area (Å²) in [5.74, 6) is -0.532. The summed E-state index contributed by atoms with van der Waals surface area (Å²) in [7, 11) is 0. The Balaban J connectivity index is 0.000000347. The van der Waals surface area contributed by atoms with Crippen LogP contribution in [0.4, 0.5) is 34.1 Å². The van der Waals surface area contributed by atoms with Crippen LogP contribution in [-0.4, -0.2) is 24.7 Å². The number of nitro groups is 2. The first kappa shape index (κ1) is 42.3. The molecule has 1 N–H and O–H groups in total. The molecule has 4 aromatic carbocycles. The van der Waals surface area contributed by atoms with E-state index in [1.165, 1.54) is 21.5 Å². The first-order valence-electron chi connectivity index (χ1n) is 14.6. The summed E-state index contributed by atoms with van der Waals surface area (Å²) in [6.07, 6.45) is 0. The van der Waals surface area contributed by atoms with Crippen molar-refractivity contribution in [2.75, 3.05) is 0 Å². The van der Waals surface area contributed by atoms with Crippen LogP contribution in [0.2, 0.25) is 0 Å². The third-order valence-corrected chi connectivity index (χ3v) is 7.05. The molecule has 0 aliphatic heterocycles. The molecule has 19 heteroatoms. The summed E-state index contributed by atoms with van der Waals surface area (Å²) in [5.41, 5.74) is 1.60. The Morgan fingerprint density at radius 1 is 0.604 bits per heavy atom. The number of hydrogen-bond donors (Lipinski definition) is 0. The van der Waals surface area contributed by atoms with Gasteiger partial charge in [0.1, 0.15) is 11.4 Å². The van der Waals surface area contributed by atoms with Gasteiger partial charge in [-0.15, -0.1) is 26.7 Å². The topological polar surface area (TPSA) is 261 Å². The molecule has 0 spiro atoms. The maximum Gasteiger partial charge on any atom is 3.00 e. The number of hydrogen-bond acceptors (Lipinski definition) is 12. The number of nitrogens with zero attached hydrogens (tertiary/aromatic N) is 10. The third kappa shape index (κ3) is 9.70. The molecule has 0 aliphatic carbocycles. The van der Waals surface area contributed by atoms with Crippen molar-refractivity contribution in [3.63, 3.8) is 0 Å². The van der Waals surface area contributed by atoms with Gasteiger partial charge in [-0.2, -0.15) is 5.11 Å². The van der Waals surface area contributed by atoms with E-state index in [4.69, 9.17) is 0 Å². The Morgan fingerprint density at radius 2 is 1.00 bits per heavy atom. The van der Waals surface area contributed by atoms with Gasteiger partial charge >= 0.3 is 16.8 Å². The van der Waals surface area contributed by atoms with E-state index < -0.39 is 26.7 Å². The molecule has 0 fully saturated rings. The van der Waals surface area contributed by atoms with Crippen LogP contribution in [0.1, 0.15) is 17.0 Å². The van der Waals surface area contributed by atoms with Gasteiger partial charge in [-0.3, -0.25) is 29.8 Å². The molecule has 0 atom stereocenters. The molecular formula is C34H29CoN10O8-2. The summed E-state index contributed by atoms with van der Waals surface area (Å²) in [4.78, 5) is 45.4. The molecule has 18 nitrogen and oxygen atoms in total. The zero-order valence-electron chi connectivity index (χ0n) is 28.3. The maximum atomic E-state index is 12.5. The fourth-order valence-electron chi connectivity index (χ4n) is 4.44. The normalized spacial score (nSPS) is 10.5. The molecule has 0 saturated carbocycles. The SMILES string of the molecule is Cc1[n-]n(-c2ccccc2)c(=O)c1N=Nc1cc([N+](=O)[O-])ccc1[O-].Cc1ccc([N+](=O)[O-])cc1N=Nc1c(C)[n-]n(-c2ccccc2)c1=O.[CH3-].[Co+3].[OH-]. The Bertz CT molecular complexity index is 2220. The molecule has 6 aromatic rings. The van der Waals surface area contributed by atoms with Gasteiger partial charge in [-0.05, 0) is 36.8 Å². The quantitative estimate of drug-likeness (QED) is 0.0702. The van der Waals surface area contributed by atoms with E-state index in [-0.39, 0.29) is 58.1 Å². The van der Waals surface area contributed by atoms with Gasteiger partial charge < -0.3 is 37.6 Å². The van der Waals surface area contributed by atoms with Gasteiger partial charge in [0.2, 0.25) is 0 Å². The first-order chi connectivity index (χ1) is 23.9. The fourth-order valence-corrected chi connectivity index (χ4v) is 4.44. The average molecular weight is 765 g/mol. The number of aromatic nitrogens is 4. The van der Waals surface area contributed by atoms with Crippen molar-refractivity contribution in [1.82, 2.24) is 19.6 Å². The molecule has 6 rings (SSSR count). The zero-order chi connectivity index (χ0) is 35.9. The van der Waals surface area contributed by atoms with Gasteiger partial charge in [-0.1, -0.05) is 68.1 Å². The minimum absolute atomic E-state index is 0. The minimum atomic E-state index is -0.643. The van der Waals surface area contributed by atoms with Crippen molar-refractivity contribution in [3.05, 3.63) is 162 Å². The summed E-state index contributed by atoms with van der Waals surface area (Å²) < 4.78 is 2.43. The molecule has 0 bridgehead atoms. The fraction of sp³-hybridized carbons (Fsp3) is 0.0882. The van der Waals surface area contributed by atoms with E-state index in [9.17, 15) is 34.9 Å². The van der Waals surface area contributed by atoms with Gasteiger partial charge in [-0.25, -0.2) is 0 Å². The Hall–Kier alpha value is -6.83. The number of non-ortho nitro benzene ring substituents is 2. The van der Waals surface area contributed by atoms with Crippen molar-refractivity contribution in [2.24, 2.45) is 20.5 Å². The molecule has 2 aromatic heterocycles.